The topological polar surface area (TPSA) is 69.6 Å². The van der Waals surface area contributed by atoms with E-state index in [1.54, 1.807) is 12.5 Å². The summed E-state index contributed by atoms with van der Waals surface area (Å²) in [5.41, 5.74) is 7.75. The van der Waals surface area contributed by atoms with Crippen LogP contribution in [0.15, 0.2) is 24.8 Å². The second-order valence-corrected chi connectivity index (χ2v) is 4.83. The van der Waals surface area contributed by atoms with Crippen LogP contribution in [0.1, 0.15) is 25.2 Å². The van der Waals surface area contributed by atoms with E-state index in [0.717, 1.165) is 36.5 Å². The monoisotopic (exact) mass is 245 g/mol. The van der Waals surface area contributed by atoms with E-state index in [-0.39, 0.29) is 0 Å². The highest BCUT2D eigenvalue weighted by molar-refractivity contribution is 5.44. The minimum Gasteiger partial charge on any atom is -0.398 e. The molecule has 5 nitrogen and oxygen atoms in total. The van der Waals surface area contributed by atoms with Crippen LogP contribution < -0.4 is 5.73 Å². The Balaban J connectivity index is 2.02. The zero-order valence-corrected chi connectivity index (χ0v) is 10.9. The maximum absolute atomic E-state index is 5.90. The van der Waals surface area contributed by atoms with Crippen LogP contribution in [-0.4, -0.2) is 19.7 Å². The van der Waals surface area contributed by atoms with Gasteiger partial charge in [-0.15, -0.1) is 0 Å². The van der Waals surface area contributed by atoms with Gasteiger partial charge in [0.15, 0.2) is 0 Å². The van der Waals surface area contributed by atoms with E-state index in [0.29, 0.717) is 5.92 Å². The zero-order chi connectivity index (χ0) is 13.0. The molecule has 0 aliphatic rings. The van der Waals surface area contributed by atoms with Crippen LogP contribution in [-0.2, 0) is 19.4 Å². The Bertz CT molecular complexity index is 504. The molecular formula is C13H19N5. The van der Waals surface area contributed by atoms with E-state index in [1.165, 1.54) is 0 Å². The van der Waals surface area contributed by atoms with Crippen LogP contribution in [0.2, 0.25) is 0 Å². The van der Waals surface area contributed by atoms with Gasteiger partial charge in [-0.3, -0.25) is 4.98 Å². The number of anilines is 1. The number of aryl methyl sites for hydroxylation is 2. The predicted octanol–water partition coefficient (Wildman–Crippen LogP) is 1.70. The van der Waals surface area contributed by atoms with E-state index in [2.05, 4.69) is 28.9 Å². The Morgan fingerprint density at radius 2 is 2.17 bits per heavy atom. The fourth-order valence-corrected chi connectivity index (χ4v) is 1.87. The molecule has 0 saturated heterocycles. The molecule has 0 saturated carbocycles. The van der Waals surface area contributed by atoms with E-state index in [9.17, 15) is 0 Å². The van der Waals surface area contributed by atoms with Crippen LogP contribution in [0.3, 0.4) is 0 Å². The lowest BCUT2D eigenvalue weighted by Gasteiger charge is -2.09. The molecule has 0 spiro atoms. The molecular weight excluding hydrogens is 226 g/mol. The van der Waals surface area contributed by atoms with Crippen molar-refractivity contribution < 1.29 is 0 Å². The minimum absolute atomic E-state index is 0.564. The second kappa shape index (κ2) is 5.62. The first-order valence-corrected chi connectivity index (χ1v) is 6.22. The van der Waals surface area contributed by atoms with Gasteiger partial charge in [0.25, 0.3) is 0 Å². The standard InChI is InChI=1S/C13H19N5/c1-10(2)8-18-13(16-9-17-18)4-3-11-7-15-6-5-12(11)14/h5-7,9-10H,3-4,8H2,1-2H3,(H2,14,15). The molecule has 2 N–H and O–H groups in total. The molecule has 2 aromatic rings. The second-order valence-electron chi connectivity index (χ2n) is 4.83. The number of rotatable bonds is 5. The van der Waals surface area contributed by atoms with E-state index >= 15 is 0 Å². The molecule has 0 unspecified atom stereocenters. The molecule has 96 valence electrons. The highest BCUT2D eigenvalue weighted by atomic mass is 15.3. The van der Waals surface area contributed by atoms with Gasteiger partial charge in [0.05, 0.1) is 0 Å². The van der Waals surface area contributed by atoms with Crippen molar-refractivity contribution in [3.63, 3.8) is 0 Å². The van der Waals surface area contributed by atoms with Gasteiger partial charge in [-0.25, -0.2) is 9.67 Å². The highest BCUT2D eigenvalue weighted by Gasteiger charge is 2.07. The van der Waals surface area contributed by atoms with Gasteiger partial charge in [0, 0.05) is 31.0 Å². The fourth-order valence-electron chi connectivity index (χ4n) is 1.87. The molecule has 0 amide bonds. The first kappa shape index (κ1) is 12.5. The van der Waals surface area contributed by atoms with Gasteiger partial charge < -0.3 is 5.73 Å². The molecule has 0 aliphatic heterocycles. The van der Waals surface area contributed by atoms with Crippen LogP contribution in [0.5, 0.6) is 0 Å². The number of nitrogens with zero attached hydrogens (tertiary/aromatic N) is 4. The molecule has 0 fully saturated rings. The maximum Gasteiger partial charge on any atom is 0.138 e. The molecule has 2 rings (SSSR count). The number of pyridine rings is 1. The Kier molecular flexibility index (Phi) is 3.92. The highest BCUT2D eigenvalue weighted by Crippen LogP contribution is 2.12. The minimum atomic E-state index is 0.564. The summed E-state index contributed by atoms with van der Waals surface area (Å²) in [5.74, 6) is 1.57. The summed E-state index contributed by atoms with van der Waals surface area (Å²) in [4.78, 5) is 8.40. The first-order chi connectivity index (χ1) is 8.66. The lowest BCUT2D eigenvalue weighted by Crippen LogP contribution is -2.11. The summed E-state index contributed by atoms with van der Waals surface area (Å²) in [7, 11) is 0. The van der Waals surface area contributed by atoms with E-state index < -0.39 is 0 Å². The average Bonchev–Trinajstić information content (AvgIpc) is 2.75. The van der Waals surface area contributed by atoms with Crippen LogP contribution in [0.25, 0.3) is 0 Å². The Labute approximate surface area is 107 Å². The van der Waals surface area contributed by atoms with Crippen molar-refractivity contribution in [2.24, 2.45) is 5.92 Å². The number of hydrogen-bond acceptors (Lipinski definition) is 4. The number of hydrogen-bond donors (Lipinski definition) is 1. The Hall–Kier alpha value is -1.91. The van der Waals surface area contributed by atoms with Gasteiger partial charge in [-0.2, -0.15) is 5.10 Å². The van der Waals surface area contributed by atoms with Crippen molar-refractivity contribution in [1.82, 2.24) is 19.7 Å². The fraction of sp³-hybridized carbons (Fsp3) is 0.462. The largest absolute Gasteiger partial charge is 0.398 e. The van der Waals surface area contributed by atoms with Gasteiger partial charge in [-0.1, -0.05) is 13.8 Å². The van der Waals surface area contributed by atoms with Crippen molar-refractivity contribution in [2.45, 2.75) is 33.2 Å². The van der Waals surface area contributed by atoms with Crippen molar-refractivity contribution in [1.29, 1.82) is 0 Å². The predicted molar refractivity (Wildman–Crippen MR) is 70.9 cm³/mol. The Morgan fingerprint density at radius 1 is 1.33 bits per heavy atom. The number of aromatic nitrogens is 4. The zero-order valence-electron chi connectivity index (χ0n) is 10.9. The number of nitrogen functional groups attached to an aromatic ring is 1. The summed E-state index contributed by atoms with van der Waals surface area (Å²) in [6.45, 7) is 5.24. The molecule has 2 aromatic heterocycles. The van der Waals surface area contributed by atoms with Gasteiger partial charge in [-0.05, 0) is 24.0 Å². The molecule has 5 heteroatoms. The normalized spacial score (nSPS) is 11.1. The summed E-state index contributed by atoms with van der Waals surface area (Å²) >= 11 is 0. The van der Waals surface area contributed by atoms with Crippen LogP contribution in [0, 0.1) is 5.92 Å². The third kappa shape index (κ3) is 3.06. The van der Waals surface area contributed by atoms with Crippen molar-refractivity contribution in [3.05, 3.63) is 36.2 Å². The van der Waals surface area contributed by atoms with Crippen LogP contribution >= 0.6 is 0 Å². The smallest absolute Gasteiger partial charge is 0.138 e. The average molecular weight is 245 g/mol. The van der Waals surface area contributed by atoms with Gasteiger partial charge in [0.2, 0.25) is 0 Å². The first-order valence-electron chi connectivity index (χ1n) is 6.22. The summed E-state index contributed by atoms with van der Waals surface area (Å²) in [6, 6.07) is 1.83. The van der Waals surface area contributed by atoms with E-state index in [1.807, 2.05) is 16.9 Å². The van der Waals surface area contributed by atoms with Crippen LogP contribution in [0.4, 0.5) is 5.69 Å². The Morgan fingerprint density at radius 3 is 2.89 bits per heavy atom. The molecule has 0 bridgehead atoms. The molecule has 0 aliphatic carbocycles. The quantitative estimate of drug-likeness (QED) is 0.870. The molecule has 18 heavy (non-hydrogen) atoms. The maximum atomic E-state index is 5.90. The third-order valence-corrected chi connectivity index (χ3v) is 2.79. The molecule has 0 radical (unpaired) electrons. The summed E-state index contributed by atoms with van der Waals surface area (Å²) in [6.07, 6.45) is 6.82. The SMILES string of the molecule is CC(C)Cn1ncnc1CCc1cnccc1N. The van der Waals surface area contributed by atoms with Crippen molar-refractivity contribution >= 4 is 5.69 Å². The van der Waals surface area contributed by atoms with Gasteiger partial charge >= 0.3 is 0 Å². The summed E-state index contributed by atoms with van der Waals surface area (Å²) < 4.78 is 1.97. The van der Waals surface area contributed by atoms with E-state index in [4.69, 9.17) is 5.73 Å². The number of nitrogens with two attached hydrogens (primary N) is 1. The lowest BCUT2D eigenvalue weighted by molar-refractivity contribution is 0.465. The molecule has 0 aromatic carbocycles. The van der Waals surface area contributed by atoms with Gasteiger partial charge in [0.1, 0.15) is 12.2 Å². The summed E-state index contributed by atoms with van der Waals surface area (Å²) in [5, 5.41) is 4.25. The molecule has 0 atom stereocenters. The third-order valence-electron chi connectivity index (χ3n) is 2.79. The van der Waals surface area contributed by atoms with Crippen molar-refractivity contribution in [2.75, 3.05) is 5.73 Å². The molecule has 2 heterocycles. The van der Waals surface area contributed by atoms with Crippen molar-refractivity contribution in [3.8, 4) is 0 Å². The lowest BCUT2D eigenvalue weighted by atomic mass is 10.1.